The molecule has 0 radical (unpaired) electrons. The summed E-state index contributed by atoms with van der Waals surface area (Å²) in [6.07, 6.45) is 3.01. The highest BCUT2D eigenvalue weighted by Crippen LogP contribution is 2.23. The van der Waals surface area contributed by atoms with E-state index in [9.17, 15) is 13.5 Å². The van der Waals surface area contributed by atoms with Gasteiger partial charge in [-0.3, -0.25) is 0 Å². The second kappa shape index (κ2) is 7.20. The van der Waals surface area contributed by atoms with Gasteiger partial charge < -0.3 is 10.8 Å². The predicted molar refractivity (Wildman–Crippen MR) is 81.5 cm³/mol. The maximum atomic E-state index is 11.4. The van der Waals surface area contributed by atoms with Gasteiger partial charge in [0.05, 0.1) is 11.0 Å². The van der Waals surface area contributed by atoms with Crippen LogP contribution in [0.15, 0.2) is 29.2 Å². The third kappa shape index (κ3) is 4.89. The number of nitrogens with two attached hydrogens (primary N) is 1. The molecule has 5 heteroatoms. The largest absolute Gasteiger partial charge is 0.391 e. The van der Waals surface area contributed by atoms with Crippen LogP contribution in [0.1, 0.15) is 44.6 Å². The van der Waals surface area contributed by atoms with Crippen molar-refractivity contribution in [3.05, 3.63) is 29.8 Å². The molecule has 3 N–H and O–H groups in total. The molecular weight excluding hydrogens is 274 g/mol. The van der Waals surface area contributed by atoms with Gasteiger partial charge in [-0.25, -0.2) is 8.42 Å². The smallest absolute Gasteiger partial charge is 0.175 e. The lowest BCUT2D eigenvalue weighted by atomic mass is 9.91. The van der Waals surface area contributed by atoms with Gasteiger partial charge in [0.25, 0.3) is 0 Å². The summed E-state index contributed by atoms with van der Waals surface area (Å²) in [6, 6.07) is 6.63. The van der Waals surface area contributed by atoms with Crippen LogP contribution in [-0.2, 0) is 9.84 Å². The van der Waals surface area contributed by atoms with E-state index in [1.54, 1.807) is 24.3 Å². The molecule has 1 aromatic rings. The number of hydrogen-bond donors (Lipinski definition) is 2. The quantitative estimate of drug-likeness (QED) is 0.807. The summed E-state index contributed by atoms with van der Waals surface area (Å²) in [7, 11) is -3.16. The van der Waals surface area contributed by atoms with Gasteiger partial charge in [-0.15, -0.1) is 0 Å². The number of hydrogen-bond acceptors (Lipinski definition) is 4. The molecule has 0 heterocycles. The van der Waals surface area contributed by atoms with Crippen LogP contribution < -0.4 is 5.73 Å². The Bertz CT molecular complexity index is 510. The van der Waals surface area contributed by atoms with Crippen LogP contribution >= 0.6 is 0 Å². The Balaban J connectivity index is 2.71. The summed E-state index contributed by atoms with van der Waals surface area (Å²) in [6.45, 7) is 4.05. The summed E-state index contributed by atoms with van der Waals surface area (Å²) in [4.78, 5) is 0.316. The summed E-state index contributed by atoms with van der Waals surface area (Å²) in [5, 5.41) is 10.0. The van der Waals surface area contributed by atoms with Gasteiger partial charge >= 0.3 is 0 Å². The van der Waals surface area contributed by atoms with Crippen LogP contribution in [0.25, 0.3) is 0 Å². The topological polar surface area (TPSA) is 80.4 Å². The van der Waals surface area contributed by atoms with Gasteiger partial charge in [0.2, 0.25) is 0 Å². The summed E-state index contributed by atoms with van der Waals surface area (Å²) >= 11 is 0. The zero-order chi connectivity index (χ0) is 15.3. The second-order valence-corrected chi connectivity index (χ2v) is 7.51. The van der Waals surface area contributed by atoms with E-state index in [-0.39, 0.29) is 12.0 Å². The molecule has 3 unspecified atom stereocenters. The molecule has 4 nitrogen and oxygen atoms in total. The van der Waals surface area contributed by atoms with E-state index in [1.807, 2.05) is 13.8 Å². The van der Waals surface area contributed by atoms with Gasteiger partial charge in [-0.1, -0.05) is 32.4 Å². The molecule has 114 valence electrons. The van der Waals surface area contributed by atoms with E-state index in [1.165, 1.54) is 6.26 Å². The van der Waals surface area contributed by atoms with E-state index in [0.29, 0.717) is 11.3 Å². The van der Waals surface area contributed by atoms with Crippen LogP contribution in [0.3, 0.4) is 0 Å². The average molecular weight is 299 g/mol. The van der Waals surface area contributed by atoms with E-state index >= 15 is 0 Å². The average Bonchev–Trinajstić information content (AvgIpc) is 2.38. The Hall–Kier alpha value is -0.910. The maximum absolute atomic E-state index is 11.4. The van der Waals surface area contributed by atoms with Gasteiger partial charge in [0.1, 0.15) is 0 Å². The lowest BCUT2D eigenvalue weighted by Crippen LogP contribution is -2.35. The van der Waals surface area contributed by atoms with Crippen LogP contribution in [0.2, 0.25) is 0 Å². The van der Waals surface area contributed by atoms with Crippen LogP contribution in [0, 0.1) is 0 Å². The van der Waals surface area contributed by atoms with Crippen molar-refractivity contribution < 1.29 is 13.5 Å². The standard InChI is InChI=1S/C15H25NO3S/c1-4-5-14(16)15(17)10-11(2)12-6-8-13(9-7-12)20(3,18)19/h6-9,11,14-15,17H,4-5,10,16H2,1-3H3. The molecule has 3 atom stereocenters. The lowest BCUT2D eigenvalue weighted by Gasteiger charge is -2.22. The number of benzene rings is 1. The van der Waals surface area contributed by atoms with Crippen molar-refractivity contribution in [2.45, 2.75) is 56.1 Å². The molecule has 0 amide bonds. The van der Waals surface area contributed by atoms with Crippen LogP contribution in [0.5, 0.6) is 0 Å². The van der Waals surface area contributed by atoms with Crippen molar-refractivity contribution in [2.24, 2.45) is 5.73 Å². The molecular formula is C15H25NO3S. The van der Waals surface area contributed by atoms with Crippen molar-refractivity contribution in [3.63, 3.8) is 0 Å². The molecule has 0 bridgehead atoms. The van der Waals surface area contributed by atoms with Gasteiger partial charge in [0, 0.05) is 12.3 Å². The first-order valence-corrected chi connectivity index (χ1v) is 8.88. The Labute approximate surface area is 121 Å². The highest BCUT2D eigenvalue weighted by molar-refractivity contribution is 7.90. The number of sulfone groups is 1. The normalized spacial score (nSPS) is 16.6. The number of aliphatic hydroxyl groups is 1. The van der Waals surface area contributed by atoms with Crippen molar-refractivity contribution in [1.82, 2.24) is 0 Å². The van der Waals surface area contributed by atoms with Crippen molar-refractivity contribution in [3.8, 4) is 0 Å². The third-order valence-corrected chi connectivity index (χ3v) is 4.72. The minimum Gasteiger partial charge on any atom is -0.391 e. The molecule has 0 aliphatic rings. The van der Waals surface area contributed by atoms with E-state index in [4.69, 9.17) is 5.73 Å². The van der Waals surface area contributed by atoms with Gasteiger partial charge in [0.15, 0.2) is 9.84 Å². The SMILES string of the molecule is CCCC(N)C(O)CC(C)c1ccc(S(C)(=O)=O)cc1. The van der Waals surface area contributed by atoms with Crippen molar-refractivity contribution in [2.75, 3.05) is 6.26 Å². The zero-order valence-electron chi connectivity index (χ0n) is 12.4. The fourth-order valence-corrected chi connectivity index (χ4v) is 2.87. The fraction of sp³-hybridized carbons (Fsp3) is 0.600. The fourth-order valence-electron chi connectivity index (χ4n) is 2.24. The van der Waals surface area contributed by atoms with Gasteiger partial charge in [-0.2, -0.15) is 0 Å². The van der Waals surface area contributed by atoms with E-state index in [2.05, 4.69) is 0 Å². The molecule has 0 fully saturated rings. The third-order valence-electron chi connectivity index (χ3n) is 3.59. The number of aliphatic hydroxyl groups excluding tert-OH is 1. The lowest BCUT2D eigenvalue weighted by molar-refractivity contribution is 0.124. The van der Waals surface area contributed by atoms with Crippen molar-refractivity contribution >= 4 is 9.84 Å². The Morgan fingerprint density at radius 2 is 1.80 bits per heavy atom. The van der Waals surface area contributed by atoms with Crippen LogP contribution in [-0.4, -0.2) is 31.9 Å². The van der Waals surface area contributed by atoms with E-state index in [0.717, 1.165) is 18.4 Å². The highest BCUT2D eigenvalue weighted by Gasteiger charge is 2.18. The maximum Gasteiger partial charge on any atom is 0.175 e. The first-order chi connectivity index (χ1) is 9.25. The van der Waals surface area contributed by atoms with Crippen LogP contribution in [0.4, 0.5) is 0 Å². The van der Waals surface area contributed by atoms with E-state index < -0.39 is 15.9 Å². The summed E-state index contributed by atoms with van der Waals surface area (Å²) < 4.78 is 22.8. The predicted octanol–water partition coefficient (Wildman–Crippen LogP) is 2.07. The molecule has 0 spiro atoms. The molecule has 1 aromatic carbocycles. The molecule has 1 rings (SSSR count). The zero-order valence-corrected chi connectivity index (χ0v) is 13.2. The molecule has 0 aromatic heterocycles. The Morgan fingerprint density at radius 1 is 1.25 bits per heavy atom. The molecule has 0 aliphatic carbocycles. The summed E-state index contributed by atoms with van der Waals surface area (Å²) in [5.74, 6) is 0.140. The van der Waals surface area contributed by atoms with Crippen molar-refractivity contribution in [1.29, 1.82) is 0 Å². The summed E-state index contributed by atoms with van der Waals surface area (Å²) in [5.41, 5.74) is 6.92. The molecule has 0 saturated heterocycles. The molecule has 0 aliphatic heterocycles. The number of rotatable bonds is 7. The first kappa shape index (κ1) is 17.1. The highest BCUT2D eigenvalue weighted by atomic mass is 32.2. The Kier molecular flexibility index (Phi) is 6.17. The first-order valence-electron chi connectivity index (χ1n) is 6.99. The van der Waals surface area contributed by atoms with Gasteiger partial charge in [-0.05, 0) is 36.5 Å². The molecule has 20 heavy (non-hydrogen) atoms. The second-order valence-electron chi connectivity index (χ2n) is 5.50. The monoisotopic (exact) mass is 299 g/mol. The minimum atomic E-state index is -3.16. The minimum absolute atomic E-state index is 0.140. The molecule has 0 saturated carbocycles. The Morgan fingerprint density at radius 3 is 2.25 bits per heavy atom.